The van der Waals surface area contributed by atoms with Gasteiger partial charge in [0.2, 0.25) is 0 Å². The molecular formula is C10H15NO3S. The molecule has 5 heteroatoms. The smallest absolute Gasteiger partial charge is 0.307 e. The van der Waals surface area contributed by atoms with Crippen LogP contribution in [0.5, 0.6) is 0 Å². The predicted octanol–water partition coefficient (Wildman–Crippen LogP) is 1.86. The minimum Gasteiger partial charge on any atom is -0.481 e. The highest BCUT2D eigenvalue weighted by Crippen LogP contribution is 2.05. The van der Waals surface area contributed by atoms with Crippen LogP contribution in [0.3, 0.4) is 0 Å². The quantitative estimate of drug-likeness (QED) is 0.757. The normalized spacial score (nSPS) is 10.5. The molecule has 0 aromatic carbocycles. The number of hydrogen-bond donors (Lipinski definition) is 1. The van der Waals surface area contributed by atoms with Crippen molar-refractivity contribution in [3.8, 4) is 0 Å². The summed E-state index contributed by atoms with van der Waals surface area (Å²) in [7, 11) is 0. The maximum absolute atomic E-state index is 11.3. The summed E-state index contributed by atoms with van der Waals surface area (Å²) < 4.78 is 1.74. The number of aromatic nitrogens is 1. The van der Waals surface area contributed by atoms with Crippen molar-refractivity contribution in [2.24, 2.45) is 0 Å². The zero-order chi connectivity index (χ0) is 11.3. The summed E-state index contributed by atoms with van der Waals surface area (Å²) in [5.74, 6) is -0.751. The van der Waals surface area contributed by atoms with Gasteiger partial charge in [0.1, 0.15) is 0 Å². The Morgan fingerprint density at radius 2 is 2.20 bits per heavy atom. The fourth-order valence-corrected chi connectivity index (χ4v) is 2.16. The van der Waals surface area contributed by atoms with Gasteiger partial charge in [0.15, 0.2) is 0 Å². The van der Waals surface area contributed by atoms with E-state index in [2.05, 4.69) is 0 Å². The average molecular weight is 229 g/mol. The number of aryl methyl sites for hydroxylation is 1. The van der Waals surface area contributed by atoms with Gasteiger partial charge in [0.05, 0.1) is 0 Å². The topological polar surface area (TPSA) is 59.3 Å². The van der Waals surface area contributed by atoms with Crippen LogP contribution in [0.15, 0.2) is 10.2 Å². The van der Waals surface area contributed by atoms with Gasteiger partial charge in [0, 0.05) is 24.0 Å². The zero-order valence-electron chi connectivity index (χ0n) is 8.73. The van der Waals surface area contributed by atoms with Gasteiger partial charge < -0.3 is 9.67 Å². The summed E-state index contributed by atoms with van der Waals surface area (Å²) in [6, 6.07) is 0. The Labute approximate surface area is 92.2 Å². The minimum atomic E-state index is -0.751. The fourth-order valence-electron chi connectivity index (χ4n) is 1.40. The highest BCUT2D eigenvalue weighted by atomic mass is 32.1. The van der Waals surface area contributed by atoms with E-state index in [9.17, 15) is 9.59 Å². The van der Waals surface area contributed by atoms with Crippen molar-refractivity contribution in [3.05, 3.63) is 20.7 Å². The van der Waals surface area contributed by atoms with Crippen molar-refractivity contribution < 1.29 is 9.90 Å². The standard InChI is InChI=1S/C10H15NO3S/c1-8-7-15-10(14)11(8)6-4-2-3-5-9(12)13/h7H,2-6H2,1H3,(H,12,13). The number of thiazole rings is 1. The number of nitrogens with zero attached hydrogens (tertiary/aromatic N) is 1. The molecule has 0 aliphatic heterocycles. The molecule has 0 atom stereocenters. The third-order valence-electron chi connectivity index (χ3n) is 2.25. The number of carboxylic acid groups (broad SMARTS) is 1. The molecule has 0 aliphatic carbocycles. The van der Waals surface area contributed by atoms with Crippen LogP contribution in [0.25, 0.3) is 0 Å². The lowest BCUT2D eigenvalue weighted by Gasteiger charge is -2.03. The third-order valence-corrected chi connectivity index (χ3v) is 3.13. The van der Waals surface area contributed by atoms with Gasteiger partial charge in [-0.2, -0.15) is 0 Å². The molecular weight excluding hydrogens is 214 g/mol. The van der Waals surface area contributed by atoms with Crippen molar-refractivity contribution in [1.82, 2.24) is 4.57 Å². The number of aliphatic carboxylic acids is 1. The van der Waals surface area contributed by atoms with E-state index in [4.69, 9.17) is 5.11 Å². The molecule has 1 N–H and O–H groups in total. The molecule has 0 bridgehead atoms. The second-order valence-electron chi connectivity index (χ2n) is 3.50. The Morgan fingerprint density at radius 1 is 1.47 bits per heavy atom. The van der Waals surface area contributed by atoms with Gasteiger partial charge in [-0.15, -0.1) is 0 Å². The molecule has 0 saturated heterocycles. The van der Waals surface area contributed by atoms with Crippen molar-refractivity contribution in [2.45, 2.75) is 39.2 Å². The summed E-state index contributed by atoms with van der Waals surface area (Å²) in [4.78, 5) is 21.6. The SMILES string of the molecule is Cc1csc(=O)n1CCCCCC(=O)O. The molecule has 0 radical (unpaired) electrons. The molecule has 1 aromatic heterocycles. The maximum atomic E-state index is 11.3. The van der Waals surface area contributed by atoms with Crippen molar-refractivity contribution in [1.29, 1.82) is 0 Å². The van der Waals surface area contributed by atoms with Crippen molar-refractivity contribution in [2.75, 3.05) is 0 Å². The van der Waals surface area contributed by atoms with Gasteiger partial charge in [-0.3, -0.25) is 9.59 Å². The highest BCUT2D eigenvalue weighted by Gasteiger charge is 2.02. The number of carbonyl (C=O) groups is 1. The van der Waals surface area contributed by atoms with Gasteiger partial charge in [-0.05, 0) is 19.8 Å². The van der Waals surface area contributed by atoms with Crippen LogP contribution < -0.4 is 4.87 Å². The third kappa shape index (κ3) is 3.87. The van der Waals surface area contributed by atoms with Crippen LogP contribution in [-0.4, -0.2) is 15.6 Å². The molecule has 0 unspecified atom stereocenters. The largest absolute Gasteiger partial charge is 0.481 e. The van der Waals surface area contributed by atoms with E-state index in [1.165, 1.54) is 11.3 Å². The molecule has 0 spiro atoms. The molecule has 1 rings (SSSR count). The molecule has 15 heavy (non-hydrogen) atoms. The van der Waals surface area contributed by atoms with E-state index in [0.29, 0.717) is 13.0 Å². The van der Waals surface area contributed by atoms with E-state index < -0.39 is 5.97 Å². The van der Waals surface area contributed by atoms with E-state index in [1.807, 2.05) is 12.3 Å². The molecule has 84 valence electrons. The van der Waals surface area contributed by atoms with Crippen LogP contribution in [0.4, 0.5) is 0 Å². The Kier molecular flexibility index (Phi) is 4.55. The molecule has 0 aliphatic rings. The molecule has 4 nitrogen and oxygen atoms in total. The molecule has 0 fully saturated rings. The first-order chi connectivity index (χ1) is 7.11. The van der Waals surface area contributed by atoms with Crippen LogP contribution in [0, 0.1) is 6.92 Å². The zero-order valence-corrected chi connectivity index (χ0v) is 9.55. The molecule has 1 aromatic rings. The summed E-state index contributed by atoms with van der Waals surface area (Å²) in [5, 5.41) is 10.3. The summed E-state index contributed by atoms with van der Waals surface area (Å²) >= 11 is 1.21. The first kappa shape index (κ1) is 12.0. The number of rotatable bonds is 6. The summed E-state index contributed by atoms with van der Waals surface area (Å²) in [6.07, 6.45) is 2.63. The van der Waals surface area contributed by atoms with Gasteiger partial charge >= 0.3 is 10.8 Å². The van der Waals surface area contributed by atoms with Crippen molar-refractivity contribution in [3.63, 3.8) is 0 Å². The predicted molar refractivity (Wildman–Crippen MR) is 59.4 cm³/mol. The van der Waals surface area contributed by atoms with Crippen molar-refractivity contribution >= 4 is 17.3 Å². The van der Waals surface area contributed by atoms with Crippen LogP contribution in [0.1, 0.15) is 31.4 Å². The summed E-state index contributed by atoms with van der Waals surface area (Å²) in [5.41, 5.74) is 0.989. The van der Waals surface area contributed by atoms with E-state index in [1.54, 1.807) is 4.57 Å². The maximum Gasteiger partial charge on any atom is 0.307 e. The summed E-state index contributed by atoms with van der Waals surface area (Å²) in [6.45, 7) is 2.61. The fraction of sp³-hybridized carbons (Fsp3) is 0.600. The lowest BCUT2D eigenvalue weighted by atomic mass is 10.2. The molecule has 1 heterocycles. The monoisotopic (exact) mass is 229 g/mol. The minimum absolute atomic E-state index is 0.0748. The number of carboxylic acids is 1. The van der Waals surface area contributed by atoms with E-state index in [-0.39, 0.29) is 11.3 Å². The Hall–Kier alpha value is -1.10. The van der Waals surface area contributed by atoms with E-state index >= 15 is 0 Å². The molecule has 0 saturated carbocycles. The number of unbranched alkanes of at least 4 members (excludes halogenated alkanes) is 2. The highest BCUT2D eigenvalue weighted by molar-refractivity contribution is 7.07. The Bertz CT molecular complexity index is 380. The number of hydrogen-bond acceptors (Lipinski definition) is 3. The molecule has 0 amide bonds. The Morgan fingerprint density at radius 3 is 2.73 bits per heavy atom. The average Bonchev–Trinajstić information content (AvgIpc) is 2.47. The second kappa shape index (κ2) is 5.70. The van der Waals surface area contributed by atoms with Crippen LogP contribution in [0.2, 0.25) is 0 Å². The lowest BCUT2D eigenvalue weighted by Crippen LogP contribution is -2.14. The van der Waals surface area contributed by atoms with Gasteiger partial charge in [-0.1, -0.05) is 17.8 Å². The van der Waals surface area contributed by atoms with Crippen LogP contribution in [-0.2, 0) is 11.3 Å². The first-order valence-electron chi connectivity index (χ1n) is 4.98. The first-order valence-corrected chi connectivity index (χ1v) is 5.86. The van der Waals surface area contributed by atoms with Crippen LogP contribution >= 0.6 is 11.3 Å². The van der Waals surface area contributed by atoms with E-state index in [0.717, 1.165) is 18.5 Å². The lowest BCUT2D eigenvalue weighted by molar-refractivity contribution is -0.137. The van der Waals surface area contributed by atoms with Gasteiger partial charge in [-0.25, -0.2) is 0 Å². The second-order valence-corrected chi connectivity index (χ2v) is 4.32. The van der Waals surface area contributed by atoms with Gasteiger partial charge in [0.25, 0.3) is 0 Å². The Balaban J connectivity index is 2.26.